The predicted octanol–water partition coefficient (Wildman–Crippen LogP) is 5.00. The summed E-state index contributed by atoms with van der Waals surface area (Å²) in [5.41, 5.74) is 2.81. The van der Waals surface area contributed by atoms with Crippen molar-refractivity contribution in [3.8, 4) is 0 Å². The molecular weight excluding hydrogens is 296 g/mol. The van der Waals surface area contributed by atoms with Crippen molar-refractivity contribution in [3.63, 3.8) is 0 Å². The zero-order valence-electron chi connectivity index (χ0n) is 14.1. The SMILES string of the molecule is CC(C)C(CC(=O)Nc1cccc2cccnc12)c1ccccc1. The average Bonchev–Trinajstić information content (AvgIpc) is 2.60. The van der Waals surface area contributed by atoms with Crippen LogP contribution in [0.2, 0.25) is 0 Å². The molecule has 1 heterocycles. The molecular formula is C21H22N2O. The highest BCUT2D eigenvalue weighted by Crippen LogP contribution is 2.29. The van der Waals surface area contributed by atoms with Crippen LogP contribution in [0.15, 0.2) is 66.9 Å². The van der Waals surface area contributed by atoms with Gasteiger partial charge in [-0.3, -0.25) is 9.78 Å². The van der Waals surface area contributed by atoms with Gasteiger partial charge in [0.25, 0.3) is 0 Å². The number of amides is 1. The molecule has 0 saturated carbocycles. The second kappa shape index (κ2) is 7.26. The number of nitrogens with one attached hydrogen (secondary N) is 1. The second-order valence-electron chi connectivity index (χ2n) is 6.39. The van der Waals surface area contributed by atoms with Crippen LogP contribution in [0.3, 0.4) is 0 Å². The molecule has 0 aliphatic rings. The molecule has 0 spiro atoms. The first-order valence-corrected chi connectivity index (χ1v) is 8.33. The van der Waals surface area contributed by atoms with E-state index in [-0.39, 0.29) is 11.8 Å². The molecule has 0 bridgehead atoms. The number of rotatable bonds is 5. The fourth-order valence-electron chi connectivity index (χ4n) is 3.04. The van der Waals surface area contributed by atoms with Gasteiger partial charge in [-0.05, 0) is 29.5 Å². The van der Waals surface area contributed by atoms with Crippen molar-refractivity contribution in [1.29, 1.82) is 0 Å². The van der Waals surface area contributed by atoms with Gasteiger partial charge in [-0.25, -0.2) is 0 Å². The number of fused-ring (bicyclic) bond motifs is 1. The summed E-state index contributed by atoms with van der Waals surface area (Å²) in [6.07, 6.45) is 2.21. The average molecular weight is 318 g/mol. The van der Waals surface area contributed by atoms with Gasteiger partial charge in [-0.15, -0.1) is 0 Å². The molecule has 1 unspecified atom stereocenters. The smallest absolute Gasteiger partial charge is 0.225 e. The molecule has 2 aromatic carbocycles. The van der Waals surface area contributed by atoms with Crippen LogP contribution in [0.1, 0.15) is 31.7 Å². The summed E-state index contributed by atoms with van der Waals surface area (Å²) in [5, 5.41) is 4.07. The Balaban J connectivity index is 1.79. The van der Waals surface area contributed by atoms with Gasteiger partial charge in [0.05, 0.1) is 11.2 Å². The maximum absolute atomic E-state index is 12.6. The highest BCUT2D eigenvalue weighted by Gasteiger charge is 2.20. The van der Waals surface area contributed by atoms with E-state index >= 15 is 0 Å². The number of anilines is 1. The molecule has 0 fully saturated rings. The van der Waals surface area contributed by atoms with Crippen molar-refractivity contribution >= 4 is 22.5 Å². The van der Waals surface area contributed by atoms with E-state index in [4.69, 9.17) is 0 Å². The first-order valence-electron chi connectivity index (χ1n) is 8.33. The molecule has 0 saturated heterocycles. The summed E-state index contributed by atoms with van der Waals surface area (Å²) >= 11 is 0. The quantitative estimate of drug-likeness (QED) is 0.719. The van der Waals surface area contributed by atoms with E-state index in [1.807, 2.05) is 48.5 Å². The third-order valence-corrected chi connectivity index (χ3v) is 4.34. The van der Waals surface area contributed by atoms with Crippen molar-refractivity contribution in [1.82, 2.24) is 4.98 Å². The summed E-state index contributed by atoms with van der Waals surface area (Å²) in [4.78, 5) is 17.0. The summed E-state index contributed by atoms with van der Waals surface area (Å²) in [6.45, 7) is 4.31. The summed E-state index contributed by atoms with van der Waals surface area (Å²) in [7, 11) is 0. The van der Waals surface area contributed by atoms with Crippen molar-refractivity contribution in [2.45, 2.75) is 26.2 Å². The largest absolute Gasteiger partial charge is 0.324 e. The van der Waals surface area contributed by atoms with Gasteiger partial charge in [-0.2, -0.15) is 0 Å². The Morgan fingerprint density at radius 2 is 1.75 bits per heavy atom. The maximum atomic E-state index is 12.6. The van der Waals surface area contributed by atoms with E-state index in [0.717, 1.165) is 16.6 Å². The number of para-hydroxylation sites is 1. The van der Waals surface area contributed by atoms with E-state index in [9.17, 15) is 4.79 Å². The number of pyridine rings is 1. The van der Waals surface area contributed by atoms with Crippen molar-refractivity contribution < 1.29 is 4.79 Å². The fourth-order valence-corrected chi connectivity index (χ4v) is 3.04. The third kappa shape index (κ3) is 3.62. The lowest BCUT2D eigenvalue weighted by molar-refractivity contribution is -0.116. The molecule has 3 aromatic rings. The first-order chi connectivity index (χ1) is 11.6. The van der Waals surface area contributed by atoms with Crippen molar-refractivity contribution in [3.05, 3.63) is 72.4 Å². The molecule has 24 heavy (non-hydrogen) atoms. The van der Waals surface area contributed by atoms with E-state index in [0.29, 0.717) is 12.3 Å². The Morgan fingerprint density at radius 3 is 2.50 bits per heavy atom. The molecule has 0 radical (unpaired) electrons. The lowest BCUT2D eigenvalue weighted by atomic mass is 9.85. The monoisotopic (exact) mass is 318 g/mol. The van der Waals surface area contributed by atoms with E-state index < -0.39 is 0 Å². The Bertz CT molecular complexity index is 822. The zero-order valence-corrected chi connectivity index (χ0v) is 14.1. The number of carbonyl (C=O) groups is 1. The third-order valence-electron chi connectivity index (χ3n) is 4.34. The normalized spacial score (nSPS) is 12.3. The standard InChI is InChI=1S/C21H22N2O/c1-15(2)18(16-8-4-3-5-9-16)14-20(24)23-19-12-6-10-17-11-7-13-22-21(17)19/h3-13,15,18H,14H2,1-2H3,(H,23,24). The molecule has 122 valence electrons. The number of aromatic nitrogens is 1. The summed E-state index contributed by atoms with van der Waals surface area (Å²) < 4.78 is 0. The molecule has 0 aliphatic carbocycles. The molecule has 0 aliphatic heterocycles. The van der Waals surface area contributed by atoms with Gasteiger partial charge < -0.3 is 5.32 Å². The topological polar surface area (TPSA) is 42.0 Å². The molecule has 1 aromatic heterocycles. The summed E-state index contributed by atoms with van der Waals surface area (Å²) in [6, 6.07) is 20.0. The minimum absolute atomic E-state index is 0.0238. The van der Waals surface area contributed by atoms with E-state index in [1.165, 1.54) is 5.56 Å². The minimum atomic E-state index is 0.0238. The van der Waals surface area contributed by atoms with Crippen molar-refractivity contribution in [2.75, 3.05) is 5.32 Å². The van der Waals surface area contributed by atoms with Gasteiger partial charge >= 0.3 is 0 Å². The number of benzene rings is 2. The molecule has 1 atom stereocenters. The van der Waals surface area contributed by atoms with Crippen LogP contribution in [0.5, 0.6) is 0 Å². The Labute approximate surface area is 142 Å². The van der Waals surface area contributed by atoms with Crippen LogP contribution >= 0.6 is 0 Å². The first kappa shape index (κ1) is 16.2. The van der Waals surface area contributed by atoms with Crippen LogP contribution in [-0.2, 0) is 4.79 Å². The van der Waals surface area contributed by atoms with Gasteiger partial charge in [0.15, 0.2) is 0 Å². The Morgan fingerprint density at radius 1 is 1.00 bits per heavy atom. The molecule has 1 N–H and O–H groups in total. The number of hydrogen-bond donors (Lipinski definition) is 1. The predicted molar refractivity (Wildman–Crippen MR) is 99.0 cm³/mol. The summed E-state index contributed by atoms with van der Waals surface area (Å²) in [5.74, 6) is 0.619. The Kier molecular flexibility index (Phi) is 4.90. The van der Waals surface area contributed by atoms with Gasteiger partial charge in [0.1, 0.15) is 0 Å². The second-order valence-corrected chi connectivity index (χ2v) is 6.39. The molecule has 3 nitrogen and oxygen atoms in total. The molecule has 3 heteroatoms. The van der Waals surface area contributed by atoms with Crippen molar-refractivity contribution in [2.24, 2.45) is 5.92 Å². The lowest BCUT2D eigenvalue weighted by Crippen LogP contribution is -2.19. The van der Waals surface area contributed by atoms with Crippen LogP contribution in [0.4, 0.5) is 5.69 Å². The lowest BCUT2D eigenvalue weighted by Gasteiger charge is -2.21. The fraction of sp³-hybridized carbons (Fsp3) is 0.238. The molecule has 1 amide bonds. The minimum Gasteiger partial charge on any atom is -0.324 e. The number of carbonyl (C=O) groups excluding carboxylic acids is 1. The zero-order chi connectivity index (χ0) is 16.9. The molecule has 3 rings (SSSR count). The highest BCUT2D eigenvalue weighted by molar-refractivity contribution is 6.00. The number of hydrogen-bond acceptors (Lipinski definition) is 2. The van der Waals surface area contributed by atoms with Crippen LogP contribution in [0, 0.1) is 5.92 Å². The van der Waals surface area contributed by atoms with Gasteiger partial charge in [0.2, 0.25) is 5.91 Å². The Hall–Kier alpha value is -2.68. The highest BCUT2D eigenvalue weighted by atomic mass is 16.1. The van der Waals surface area contributed by atoms with E-state index in [1.54, 1.807) is 6.20 Å². The van der Waals surface area contributed by atoms with Crippen LogP contribution in [0.25, 0.3) is 10.9 Å². The van der Waals surface area contributed by atoms with Gasteiger partial charge in [0, 0.05) is 18.0 Å². The van der Waals surface area contributed by atoms with Gasteiger partial charge in [-0.1, -0.05) is 62.4 Å². The van der Waals surface area contributed by atoms with E-state index in [2.05, 4.69) is 36.3 Å². The van der Waals surface area contributed by atoms with Crippen LogP contribution < -0.4 is 5.32 Å². The van der Waals surface area contributed by atoms with Crippen LogP contribution in [-0.4, -0.2) is 10.9 Å². The maximum Gasteiger partial charge on any atom is 0.225 e. The number of nitrogens with zero attached hydrogens (tertiary/aromatic N) is 1.